The Labute approximate surface area is 144 Å². The molecule has 1 fully saturated rings. The highest BCUT2D eigenvalue weighted by Crippen LogP contribution is 2.40. The number of hydrogen-bond acceptors (Lipinski definition) is 1. The van der Waals surface area contributed by atoms with Crippen LogP contribution in [0.1, 0.15) is 62.6 Å². The lowest BCUT2D eigenvalue weighted by atomic mass is 9.83. The van der Waals surface area contributed by atoms with E-state index in [2.05, 4.69) is 40.7 Å². The van der Waals surface area contributed by atoms with Crippen LogP contribution < -0.4 is 0 Å². The Hall–Kier alpha value is -1.77. The number of para-hydroxylation sites is 1. The standard InChI is InChI=1S/C21H28N2O/c1-2-13-23-18-11-5-4-9-16(18)20-17(10-8-12-19(20)23)21(24)22-14-6-3-7-15-22/h4-5,9,11,17H,2-3,6-8,10,12-15H2,1H3. The summed E-state index contributed by atoms with van der Waals surface area (Å²) in [6, 6.07) is 8.70. The summed E-state index contributed by atoms with van der Waals surface area (Å²) in [5, 5.41) is 1.32. The summed E-state index contributed by atoms with van der Waals surface area (Å²) in [6.45, 7) is 5.21. The summed E-state index contributed by atoms with van der Waals surface area (Å²) in [5.41, 5.74) is 4.10. The number of amides is 1. The Kier molecular flexibility index (Phi) is 4.34. The molecule has 0 bridgehead atoms. The van der Waals surface area contributed by atoms with Gasteiger partial charge in [0, 0.05) is 36.2 Å². The van der Waals surface area contributed by atoms with Crippen LogP contribution in [0.4, 0.5) is 0 Å². The number of fused-ring (bicyclic) bond motifs is 3. The van der Waals surface area contributed by atoms with Gasteiger partial charge in [-0.25, -0.2) is 0 Å². The van der Waals surface area contributed by atoms with Gasteiger partial charge in [0.25, 0.3) is 0 Å². The SMILES string of the molecule is CCCn1c2c(c3ccccc31)C(C(=O)N1CCCCC1)CCC2. The molecule has 2 aliphatic rings. The molecule has 24 heavy (non-hydrogen) atoms. The van der Waals surface area contributed by atoms with E-state index >= 15 is 0 Å². The van der Waals surface area contributed by atoms with Gasteiger partial charge in [0.2, 0.25) is 5.91 Å². The van der Waals surface area contributed by atoms with Gasteiger partial charge in [-0.15, -0.1) is 0 Å². The van der Waals surface area contributed by atoms with Gasteiger partial charge < -0.3 is 9.47 Å². The van der Waals surface area contributed by atoms with Crippen LogP contribution in [-0.2, 0) is 17.8 Å². The first-order valence-corrected chi connectivity index (χ1v) is 9.70. The zero-order chi connectivity index (χ0) is 16.5. The first-order valence-electron chi connectivity index (χ1n) is 9.70. The molecule has 1 atom stereocenters. The normalized spacial score (nSPS) is 21.0. The van der Waals surface area contributed by atoms with Crippen LogP contribution in [0.15, 0.2) is 24.3 Å². The van der Waals surface area contributed by atoms with E-state index < -0.39 is 0 Å². The lowest BCUT2D eigenvalue weighted by molar-refractivity contribution is -0.134. The molecule has 4 rings (SSSR count). The van der Waals surface area contributed by atoms with Crippen LogP contribution in [0.5, 0.6) is 0 Å². The number of carbonyl (C=O) groups excluding carboxylic acids is 1. The van der Waals surface area contributed by atoms with Crippen molar-refractivity contribution in [2.75, 3.05) is 13.1 Å². The monoisotopic (exact) mass is 324 g/mol. The van der Waals surface area contributed by atoms with Gasteiger partial charge in [-0.2, -0.15) is 0 Å². The summed E-state index contributed by atoms with van der Waals surface area (Å²) in [5.74, 6) is 0.463. The predicted octanol–water partition coefficient (Wildman–Crippen LogP) is 4.48. The van der Waals surface area contributed by atoms with Gasteiger partial charge >= 0.3 is 0 Å². The molecule has 0 N–H and O–H groups in total. The quantitative estimate of drug-likeness (QED) is 0.817. The fourth-order valence-electron chi connectivity index (χ4n) is 4.72. The van der Waals surface area contributed by atoms with Crippen molar-refractivity contribution in [3.05, 3.63) is 35.5 Å². The van der Waals surface area contributed by atoms with Crippen molar-refractivity contribution in [3.8, 4) is 0 Å². The Bertz CT molecular complexity index is 740. The molecular formula is C21H28N2O. The van der Waals surface area contributed by atoms with Crippen molar-refractivity contribution in [1.29, 1.82) is 0 Å². The molecule has 0 saturated carbocycles. The molecule has 1 aliphatic heterocycles. The molecule has 2 heterocycles. The Morgan fingerprint density at radius 3 is 2.71 bits per heavy atom. The number of benzene rings is 1. The highest BCUT2D eigenvalue weighted by atomic mass is 16.2. The van der Waals surface area contributed by atoms with Gasteiger partial charge in [0.15, 0.2) is 0 Å². The maximum Gasteiger partial charge on any atom is 0.230 e. The average Bonchev–Trinajstić information content (AvgIpc) is 2.97. The second-order valence-electron chi connectivity index (χ2n) is 7.36. The van der Waals surface area contributed by atoms with Gasteiger partial charge in [0.1, 0.15) is 0 Å². The van der Waals surface area contributed by atoms with E-state index in [0.717, 1.165) is 45.3 Å². The average molecular weight is 324 g/mol. The molecule has 1 unspecified atom stereocenters. The molecule has 1 saturated heterocycles. The predicted molar refractivity (Wildman–Crippen MR) is 98.3 cm³/mol. The second kappa shape index (κ2) is 6.62. The maximum atomic E-state index is 13.2. The molecule has 2 aromatic rings. The number of nitrogens with zero attached hydrogens (tertiary/aromatic N) is 2. The second-order valence-corrected chi connectivity index (χ2v) is 7.36. The topological polar surface area (TPSA) is 25.2 Å². The van der Waals surface area contributed by atoms with Crippen molar-refractivity contribution in [2.24, 2.45) is 0 Å². The summed E-state index contributed by atoms with van der Waals surface area (Å²) in [7, 11) is 0. The van der Waals surface area contributed by atoms with Gasteiger partial charge in [-0.3, -0.25) is 4.79 Å². The minimum Gasteiger partial charge on any atom is -0.344 e. The molecule has 3 nitrogen and oxygen atoms in total. The van der Waals surface area contributed by atoms with Crippen molar-refractivity contribution in [2.45, 2.75) is 64.3 Å². The molecular weight excluding hydrogens is 296 g/mol. The zero-order valence-corrected chi connectivity index (χ0v) is 14.8. The molecule has 0 spiro atoms. The minimum absolute atomic E-state index is 0.0786. The number of rotatable bonds is 3. The van der Waals surface area contributed by atoms with Crippen LogP contribution >= 0.6 is 0 Å². The van der Waals surface area contributed by atoms with Gasteiger partial charge in [0.05, 0.1) is 5.92 Å². The Morgan fingerprint density at radius 1 is 1.12 bits per heavy atom. The first kappa shape index (κ1) is 15.7. The third-order valence-corrected chi connectivity index (χ3v) is 5.79. The molecule has 3 heteroatoms. The van der Waals surface area contributed by atoms with Crippen molar-refractivity contribution in [3.63, 3.8) is 0 Å². The van der Waals surface area contributed by atoms with E-state index in [1.807, 2.05) is 0 Å². The smallest absolute Gasteiger partial charge is 0.230 e. The summed E-state index contributed by atoms with van der Waals surface area (Å²) in [4.78, 5) is 15.4. The van der Waals surface area contributed by atoms with E-state index in [1.165, 1.54) is 41.4 Å². The summed E-state index contributed by atoms with van der Waals surface area (Å²) < 4.78 is 2.49. The number of piperidine rings is 1. The zero-order valence-electron chi connectivity index (χ0n) is 14.8. The summed E-state index contributed by atoms with van der Waals surface area (Å²) >= 11 is 0. The van der Waals surface area contributed by atoms with Gasteiger partial charge in [-0.05, 0) is 56.6 Å². The molecule has 1 aromatic heterocycles. The van der Waals surface area contributed by atoms with Crippen LogP contribution in [0.2, 0.25) is 0 Å². The van der Waals surface area contributed by atoms with E-state index in [4.69, 9.17) is 0 Å². The lowest BCUT2D eigenvalue weighted by Gasteiger charge is -2.32. The third kappa shape index (κ3) is 2.54. The summed E-state index contributed by atoms with van der Waals surface area (Å²) in [6.07, 6.45) is 8.02. The van der Waals surface area contributed by atoms with E-state index in [0.29, 0.717) is 5.91 Å². The van der Waals surface area contributed by atoms with Crippen LogP contribution in [0.25, 0.3) is 10.9 Å². The van der Waals surface area contributed by atoms with Crippen molar-refractivity contribution < 1.29 is 4.79 Å². The highest BCUT2D eigenvalue weighted by Gasteiger charge is 2.34. The van der Waals surface area contributed by atoms with Crippen LogP contribution in [-0.4, -0.2) is 28.5 Å². The van der Waals surface area contributed by atoms with E-state index in [1.54, 1.807) is 0 Å². The van der Waals surface area contributed by atoms with E-state index in [9.17, 15) is 4.79 Å². The third-order valence-electron chi connectivity index (χ3n) is 5.79. The maximum absolute atomic E-state index is 13.2. The molecule has 1 amide bonds. The lowest BCUT2D eigenvalue weighted by Crippen LogP contribution is -2.39. The molecule has 128 valence electrons. The molecule has 0 radical (unpaired) electrons. The fraction of sp³-hybridized carbons (Fsp3) is 0.571. The minimum atomic E-state index is 0.0786. The number of likely N-dealkylation sites (tertiary alicyclic amines) is 1. The van der Waals surface area contributed by atoms with Crippen molar-refractivity contribution >= 4 is 16.8 Å². The number of hydrogen-bond donors (Lipinski definition) is 0. The van der Waals surface area contributed by atoms with Crippen molar-refractivity contribution in [1.82, 2.24) is 9.47 Å². The Balaban J connectivity index is 1.79. The van der Waals surface area contributed by atoms with E-state index in [-0.39, 0.29) is 5.92 Å². The van der Waals surface area contributed by atoms with Gasteiger partial charge in [-0.1, -0.05) is 25.1 Å². The fourth-order valence-corrected chi connectivity index (χ4v) is 4.72. The number of aromatic nitrogens is 1. The molecule has 1 aromatic carbocycles. The number of carbonyl (C=O) groups is 1. The highest BCUT2D eigenvalue weighted by molar-refractivity contribution is 5.94. The largest absolute Gasteiger partial charge is 0.344 e. The number of aryl methyl sites for hydroxylation is 1. The molecule has 1 aliphatic carbocycles. The Morgan fingerprint density at radius 2 is 1.92 bits per heavy atom. The van der Waals surface area contributed by atoms with Crippen LogP contribution in [0, 0.1) is 0 Å². The van der Waals surface area contributed by atoms with Crippen LogP contribution in [0.3, 0.4) is 0 Å². The first-order chi connectivity index (χ1) is 11.8.